The Bertz CT molecular complexity index is 15.5. The van der Waals surface area contributed by atoms with Crippen molar-refractivity contribution in [2.75, 3.05) is 0 Å². The molecule has 4 heavy (non-hydrogen) atoms. The van der Waals surface area contributed by atoms with Crippen LogP contribution in [0.15, 0.2) is 0 Å². The summed E-state index contributed by atoms with van der Waals surface area (Å²) in [6.45, 7) is 0. The summed E-state index contributed by atoms with van der Waals surface area (Å²) in [6.07, 6.45) is 0. The summed E-state index contributed by atoms with van der Waals surface area (Å²) in [4.78, 5) is 8.45. The number of rotatable bonds is 0. The van der Waals surface area contributed by atoms with Crippen molar-refractivity contribution in [3.8, 4) is 0 Å². The van der Waals surface area contributed by atoms with Crippen LogP contribution in [0.1, 0.15) is 0 Å². The molecule has 0 N–H and O–H groups in total. The summed E-state index contributed by atoms with van der Waals surface area (Å²) in [5.41, 5.74) is 0. The molecule has 1 radical (unpaired) electrons. The van der Waals surface area contributed by atoms with Gasteiger partial charge in [0.2, 0.25) is 0 Å². The molecule has 0 saturated carbocycles. The van der Waals surface area contributed by atoms with E-state index in [9.17, 15) is 0 Å². The van der Waals surface area contributed by atoms with Gasteiger partial charge in [-0.15, -0.1) is 0 Å². The van der Waals surface area contributed by atoms with Crippen molar-refractivity contribution in [1.29, 1.82) is 0 Å². The molecule has 0 amide bonds. The molecule has 0 atom stereocenters. The third-order valence-corrected chi connectivity index (χ3v) is 0. The molecule has 0 heterocycles. The number of carbonyl (C=O) groups excluding carboxylic acids is 1. The van der Waals surface area contributed by atoms with E-state index >= 15 is 0 Å². The maximum absolute atomic E-state index is 8.45. The van der Waals surface area contributed by atoms with Crippen molar-refractivity contribution in [2.45, 2.75) is 0 Å². The van der Waals surface area contributed by atoms with Crippen molar-refractivity contribution in [2.24, 2.45) is 0 Å². The zero-order chi connectivity index (χ0) is 2.71. The van der Waals surface area contributed by atoms with E-state index in [1.54, 1.807) is 0 Å². The van der Waals surface area contributed by atoms with Gasteiger partial charge in [-0.1, -0.05) is 0 Å². The van der Waals surface area contributed by atoms with Gasteiger partial charge in [-0.2, -0.15) is 5.75 Å². The van der Waals surface area contributed by atoms with E-state index in [2.05, 4.69) is 11.6 Å². The van der Waals surface area contributed by atoms with Crippen LogP contribution in [0.5, 0.6) is 0 Å². The Morgan fingerprint density at radius 3 is 1.75 bits per heavy atom. The number of halogens is 1. The summed E-state index contributed by atoms with van der Waals surface area (Å²) >= 11 is 4.19. The minimum Gasteiger partial charge on any atom is -0.525 e. The van der Waals surface area contributed by atoms with Gasteiger partial charge < -0.3 is 16.4 Å². The monoisotopic (exact) mass is 152 g/mol. The van der Waals surface area contributed by atoms with Gasteiger partial charge in [0.1, 0.15) is 0 Å². The van der Waals surface area contributed by atoms with E-state index < -0.39 is 0 Å². The van der Waals surface area contributed by atoms with E-state index in [0.29, 0.717) is 0 Å². The fourth-order valence-corrected chi connectivity index (χ4v) is 0. The molecule has 0 bridgehead atoms. The Labute approximate surface area is 54.6 Å². The first-order valence-electron chi connectivity index (χ1n) is 0.393. The van der Waals surface area contributed by atoms with Gasteiger partial charge in [0.05, 0.1) is 0 Å². The zero-order valence-corrected chi connectivity index (χ0v) is 5.46. The van der Waals surface area contributed by atoms with Crippen LogP contribution in [0.4, 0.5) is 0 Å². The predicted octanol–water partition coefficient (Wildman–Crippen LogP) is 0.290. The van der Waals surface area contributed by atoms with Crippen LogP contribution in [0.2, 0.25) is 0 Å². The van der Waals surface area contributed by atoms with Gasteiger partial charge in [-0.25, -0.2) is 0 Å². The van der Waals surface area contributed by atoms with E-state index in [0.717, 1.165) is 5.75 Å². The third-order valence-electron chi connectivity index (χ3n) is 0. The van der Waals surface area contributed by atoms with Crippen LogP contribution < -0.4 is 0 Å². The maximum atomic E-state index is 8.45. The van der Waals surface area contributed by atoms with Crippen molar-refractivity contribution in [3.63, 3.8) is 0 Å². The second-order valence-corrected chi connectivity index (χ2v) is 0.231. The van der Waals surface area contributed by atoms with Crippen LogP contribution in [0, 0.1) is 0 Å². The second kappa shape index (κ2) is 8.96. The third kappa shape index (κ3) is 11.5. The molecule has 21 valence electrons. The Morgan fingerprint density at radius 1 is 1.75 bits per heavy atom. The Hall–Kier alpha value is 1.06. The van der Waals surface area contributed by atoms with Gasteiger partial charge in [0.25, 0.3) is 0 Å². The Morgan fingerprint density at radius 2 is 1.75 bits per heavy atom. The fourth-order valence-electron chi connectivity index (χ4n) is 0. The molecule has 3 heteroatoms. The molecule has 0 fully saturated rings. The molecule has 0 aromatic carbocycles. The fraction of sp³-hybridized carbons (Fsp3) is 0. The SMILES string of the molecule is O=[C-]Cl.[Y]. The largest absolute Gasteiger partial charge is 0.525 e. The van der Waals surface area contributed by atoms with Crippen LogP contribution >= 0.6 is 11.6 Å². The summed E-state index contributed by atoms with van der Waals surface area (Å²) in [6, 6.07) is 0. The standard InChI is InChI=1S/CClO.Y/c2-1-3;/q-1;. The maximum Gasteiger partial charge on any atom is 0 e. The van der Waals surface area contributed by atoms with Crippen molar-refractivity contribution >= 4 is 17.3 Å². The molecular weight excluding hydrogens is 152 g/mol. The second-order valence-electron chi connectivity index (χ2n) is 0.0772. The first kappa shape index (κ1) is 8.91. The molecule has 0 saturated heterocycles. The van der Waals surface area contributed by atoms with Crippen LogP contribution in [-0.4, -0.2) is 5.75 Å². The molecule has 0 aromatic heterocycles. The molecule has 0 aliphatic carbocycles. The molecular formula is CClOY-. The normalized spacial score (nSPS) is 3.25. The van der Waals surface area contributed by atoms with Gasteiger partial charge in [-0.3, -0.25) is 0 Å². The predicted molar refractivity (Wildman–Crippen MR) is 11.5 cm³/mol. The van der Waals surface area contributed by atoms with E-state index in [4.69, 9.17) is 4.79 Å². The minimum absolute atomic E-state index is 0. The van der Waals surface area contributed by atoms with Gasteiger partial charge >= 0.3 is 0 Å². The van der Waals surface area contributed by atoms with Crippen molar-refractivity contribution in [1.82, 2.24) is 0 Å². The average molecular weight is 152 g/mol. The summed E-state index contributed by atoms with van der Waals surface area (Å²) in [7, 11) is 0. The average Bonchev–Trinajstić information content (AvgIpc) is 0.918. The molecule has 0 aromatic rings. The molecule has 0 unspecified atom stereocenters. The molecule has 0 spiro atoms. The smallest absolute Gasteiger partial charge is 0 e. The molecule has 0 rings (SSSR count). The Balaban J connectivity index is 0. The molecule has 0 aliphatic heterocycles. The minimum atomic E-state index is 0. The quantitative estimate of drug-likeness (QED) is 0.360. The topological polar surface area (TPSA) is 17.1 Å². The molecule has 1 nitrogen and oxygen atoms in total. The zero-order valence-electron chi connectivity index (χ0n) is 1.86. The van der Waals surface area contributed by atoms with Crippen LogP contribution in [0.3, 0.4) is 0 Å². The summed E-state index contributed by atoms with van der Waals surface area (Å²) in [5, 5.41) is 0. The van der Waals surface area contributed by atoms with Gasteiger partial charge in [-0.05, 0) is 0 Å². The van der Waals surface area contributed by atoms with Gasteiger partial charge in [0.15, 0.2) is 0 Å². The number of hydrogen-bond donors (Lipinski definition) is 0. The van der Waals surface area contributed by atoms with E-state index in [1.165, 1.54) is 0 Å². The van der Waals surface area contributed by atoms with Crippen LogP contribution in [0.25, 0.3) is 0 Å². The van der Waals surface area contributed by atoms with E-state index in [1.807, 2.05) is 0 Å². The number of hydrogen-bond acceptors (Lipinski definition) is 1. The van der Waals surface area contributed by atoms with E-state index in [-0.39, 0.29) is 32.7 Å². The first-order chi connectivity index (χ1) is 1.41. The van der Waals surface area contributed by atoms with Crippen LogP contribution in [-0.2, 0) is 37.5 Å². The first-order valence-corrected chi connectivity index (χ1v) is 0.771. The summed E-state index contributed by atoms with van der Waals surface area (Å²) in [5.74, 6) is 0.972. The molecule has 0 aliphatic rings. The Kier molecular flexibility index (Phi) is 19.9. The summed E-state index contributed by atoms with van der Waals surface area (Å²) < 4.78 is 0. The van der Waals surface area contributed by atoms with Crippen molar-refractivity contribution in [3.05, 3.63) is 0 Å². The van der Waals surface area contributed by atoms with Crippen molar-refractivity contribution < 1.29 is 37.5 Å². The van der Waals surface area contributed by atoms with Gasteiger partial charge in [0, 0.05) is 32.7 Å².